The van der Waals surface area contributed by atoms with Crippen LogP contribution in [-0.2, 0) is 15.8 Å². The van der Waals surface area contributed by atoms with Gasteiger partial charge < -0.3 is 4.90 Å². The van der Waals surface area contributed by atoms with E-state index >= 15 is 0 Å². The number of nitro groups is 1. The molecule has 1 saturated carbocycles. The Bertz CT molecular complexity index is 688. The minimum absolute atomic E-state index is 0.0579. The van der Waals surface area contributed by atoms with Gasteiger partial charge in [0.05, 0.1) is 10.7 Å². The number of sulfonamides is 1. The summed E-state index contributed by atoms with van der Waals surface area (Å²) in [6, 6.07) is 5.72. The maximum Gasteiger partial charge on any atom is 0.269 e. The fourth-order valence-electron chi connectivity index (χ4n) is 3.04. The van der Waals surface area contributed by atoms with Crippen molar-refractivity contribution in [2.75, 3.05) is 19.6 Å². The van der Waals surface area contributed by atoms with E-state index in [1.54, 1.807) is 6.07 Å². The van der Waals surface area contributed by atoms with Crippen LogP contribution in [0, 0.1) is 16.0 Å². The highest BCUT2D eigenvalue weighted by molar-refractivity contribution is 7.88. The number of benzene rings is 1. The van der Waals surface area contributed by atoms with E-state index in [0.29, 0.717) is 5.56 Å². The van der Waals surface area contributed by atoms with Gasteiger partial charge in [-0.3, -0.25) is 10.1 Å². The largest absolute Gasteiger partial charge is 0.301 e. The summed E-state index contributed by atoms with van der Waals surface area (Å²) < 4.78 is 27.3. The third kappa shape index (κ3) is 4.73. The average molecular weight is 339 g/mol. The van der Waals surface area contributed by atoms with Crippen molar-refractivity contribution in [2.24, 2.45) is 5.92 Å². The van der Waals surface area contributed by atoms with Gasteiger partial charge in [0.25, 0.3) is 5.69 Å². The van der Waals surface area contributed by atoms with Crippen molar-refractivity contribution in [2.45, 2.75) is 31.1 Å². The maximum atomic E-state index is 12.3. The second-order valence-electron chi connectivity index (χ2n) is 6.49. The minimum atomic E-state index is -3.50. The van der Waals surface area contributed by atoms with E-state index in [-0.39, 0.29) is 17.5 Å². The Kier molecular flexibility index (Phi) is 4.65. The molecule has 3 rings (SSSR count). The van der Waals surface area contributed by atoms with Gasteiger partial charge in [-0.2, -0.15) is 0 Å². The predicted molar refractivity (Wildman–Crippen MR) is 86.4 cm³/mol. The Morgan fingerprint density at radius 3 is 2.78 bits per heavy atom. The van der Waals surface area contributed by atoms with Gasteiger partial charge >= 0.3 is 0 Å². The number of nitro benzene ring substituents is 1. The van der Waals surface area contributed by atoms with E-state index in [1.807, 2.05) is 0 Å². The topological polar surface area (TPSA) is 92.5 Å². The zero-order chi connectivity index (χ0) is 16.4. The summed E-state index contributed by atoms with van der Waals surface area (Å²) in [6.45, 7) is 2.76. The number of hydrogen-bond donors (Lipinski definition) is 1. The highest BCUT2D eigenvalue weighted by Crippen LogP contribution is 2.30. The Hall–Kier alpha value is -1.51. The van der Waals surface area contributed by atoms with Crippen LogP contribution in [0.15, 0.2) is 24.3 Å². The minimum Gasteiger partial charge on any atom is -0.301 e. The lowest BCUT2D eigenvalue weighted by Gasteiger charge is -2.16. The SMILES string of the molecule is O=[N+]([O-])c1cccc(CS(=O)(=O)N[C@@H]2CCN(CC3CC3)C2)c1. The molecule has 1 aromatic rings. The molecule has 1 saturated heterocycles. The molecule has 0 aromatic heterocycles. The van der Waals surface area contributed by atoms with Crippen molar-refractivity contribution in [1.29, 1.82) is 0 Å². The quantitative estimate of drug-likeness (QED) is 0.600. The van der Waals surface area contributed by atoms with Crippen molar-refractivity contribution < 1.29 is 13.3 Å². The van der Waals surface area contributed by atoms with E-state index in [9.17, 15) is 18.5 Å². The molecule has 0 spiro atoms. The van der Waals surface area contributed by atoms with E-state index in [1.165, 1.54) is 31.0 Å². The molecule has 0 amide bonds. The average Bonchev–Trinajstić information content (AvgIpc) is 3.18. The lowest BCUT2D eigenvalue weighted by Crippen LogP contribution is -2.38. The van der Waals surface area contributed by atoms with Crippen LogP contribution in [0.5, 0.6) is 0 Å². The summed E-state index contributed by atoms with van der Waals surface area (Å²) in [6.07, 6.45) is 3.40. The van der Waals surface area contributed by atoms with Gasteiger partial charge in [-0.05, 0) is 37.3 Å². The summed E-state index contributed by atoms with van der Waals surface area (Å²) >= 11 is 0. The predicted octanol–water partition coefficient (Wildman–Crippen LogP) is 1.50. The van der Waals surface area contributed by atoms with Gasteiger partial charge in [-0.15, -0.1) is 0 Å². The molecular formula is C15H21N3O4S. The number of non-ortho nitro benzene ring substituents is 1. The van der Waals surface area contributed by atoms with Gasteiger partial charge in [0.15, 0.2) is 0 Å². The molecular weight excluding hydrogens is 318 g/mol. The highest BCUT2D eigenvalue weighted by atomic mass is 32.2. The monoisotopic (exact) mass is 339 g/mol. The first kappa shape index (κ1) is 16.4. The molecule has 1 N–H and O–H groups in total. The molecule has 0 unspecified atom stereocenters. The lowest BCUT2D eigenvalue weighted by atomic mass is 10.2. The summed E-state index contributed by atoms with van der Waals surface area (Å²) in [5.74, 6) is 0.573. The van der Waals surface area contributed by atoms with Crippen molar-refractivity contribution >= 4 is 15.7 Å². The second kappa shape index (κ2) is 6.54. The fourth-order valence-corrected chi connectivity index (χ4v) is 4.44. The van der Waals surface area contributed by atoms with Gasteiger partial charge in [0, 0.05) is 31.3 Å². The molecule has 126 valence electrons. The van der Waals surface area contributed by atoms with Crippen LogP contribution in [0.2, 0.25) is 0 Å². The molecule has 2 fully saturated rings. The first-order valence-electron chi connectivity index (χ1n) is 7.87. The van der Waals surface area contributed by atoms with Gasteiger partial charge in [0.2, 0.25) is 10.0 Å². The first-order valence-corrected chi connectivity index (χ1v) is 9.52. The van der Waals surface area contributed by atoms with Crippen LogP contribution < -0.4 is 4.72 Å². The van der Waals surface area contributed by atoms with E-state index in [2.05, 4.69) is 9.62 Å². The normalized spacial score (nSPS) is 22.3. The Balaban J connectivity index is 1.56. The smallest absolute Gasteiger partial charge is 0.269 e. The van der Waals surface area contributed by atoms with E-state index in [4.69, 9.17) is 0 Å². The Morgan fingerprint density at radius 2 is 2.09 bits per heavy atom. The molecule has 1 heterocycles. The third-order valence-corrected chi connectivity index (χ3v) is 5.72. The molecule has 1 atom stereocenters. The first-order chi connectivity index (χ1) is 10.9. The summed E-state index contributed by atoms with van der Waals surface area (Å²) in [5, 5.41) is 10.8. The molecule has 0 bridgehead atoms. The van der Waals surface area contributed by atoms with Crippen LogP contribution in [0.25, 0.3) is 0 Å². The number of hydrogen-bond acceptors (Lipinski definition) is 5. The standard InChI is InChI=1S/C15H21N3O4S/c19-18(20)15-3-1-2-13(8-15)11-23(21,22)16-14-6-7-17(10-14)9-12-4-5-12/h1-3,8,12,14,16H,4-7,9-11H2/t14-/m1/s1. The third-order valence-electron chi connectivity index (χ3n) is 4.31. The van der Waals surface area contributed by atoms with Crippen LogP contribution in [0.1, 0.15) is 24.8 Å². The van der Waals surface area contributed by atoms with Crippen molar-refractivity contribution in [3.63, 3.8) is 0 Å². The molecule has 2 aliphatic rings. The number of likely N-dealkylation sites (tertiary alicyclic amines) is 1. The fraction of sp³-hybridized carbons (Fsp3) is 0.600. The number of nitrogens with zero attached hydrogens (tertiary/aromatic N) is 2. The number of rotatable bonds is 7. The highest BCUT2D eigenvalue weighted by Gasteiger charge is 2.31. The van der Waals surface area contributed by atoms with E-state index < -0.39 is 14.9 Å². The van der Waals surface area contributed by atoms with Crippen molar-refractivity contribution in [3.8, 4) is 0 Å². The van der Waals surface area contributed by atoms with Crippen LogP contribution >= 0.6 is 0 Å². The molecule has 1 aliphatic carbocycles. The molecule has 0 radical (unpaired) electrons. The van der Waals surface area contributed by atoms with Crippen LogP contribution in [0.4, 0.5) is 5.69 Å². The Morgan fingerprint density at radius 1 is 1.30 bits per heavy atom. The van der Waals surface area contributed by atoms with Crippen molar-refractivity contribution in [3.05, 3.63) is 39.9 Å². The molecule has 1 aromatic carbocycles. The summed E-state index contributed by atoms with van der Waals surface area (Å²) in [5.41, 5.74) is 0.341. The number of nitrogens with one attached hydrogen (secondary N) is 1. The maximum absolute atomic E-state index is 12.3. The van der Waals surface area contributed by atoms with Gasteiger partial charge in [-0.25, -0.2) is 13.1 Å². The second-order valence-corrected chi connectivity index (χ2v) is 8.25. The lowest BCUT2D eigenvalue weighted by molar-refractivity contribution is -0.384. The summed E-state index contributed by atoms with van der Waals surface area (Å²) in [4.78, 5) is 12.6. The van der Waals surface area contributed by atoms with Crippen LogP contribution in [0.3, 0.4) is 0 Å². The molecule has 7 nitrogen and oxygen atoms in total. The molecule has 8 heteroatoms. The van der Waals surface area contributed by atoms with Gasteiger partial charge in [0.1, 0.15) is 0 Å². The van der Waals surface area contributed by atoms with Gasteiger partial charge in [-0.1, -0.05) is 12.1 Å². The summed E-state index contributed by atoms with van der Waals surface area (Å²) in [7, 11) is -3.50. The molecule has 23 heavy (non-hydrogen) atoms. The van der Waals surface area contributed by atoms with E-state index in [0.717, 1.165) is 32.0 Å². The van der Waals surface area contributed by atoms with Crippen molar-refractivity contribution in [1.82, 2.24) is 9.62 Å². The zero-order valence-electron chi connectivity index (χ0n) is 12.8. The zero-order valence-corrected chi connectivity index (χ0v) is 13.7. The molecule has 1 aliphatic heterocycles. The Labute approximate surface area is 135 Å². The van der Waals surface area contributed by atoms with Crippen LogP contribution in [-0.4, -0.2) is 43.9 Å².